The zero-order chi connectivity index (χ0) is 13.1. The predicted octanol–water partition coefficient (Wildman–Crippen LogP) is -0.452. The Labute approximate surface area is 102 Å². The van der Waals surface area contributed by atoms with Crippen LogP contribution in [0.3, 0.4) is 0 Å². The van der Waals surface area contributed by atoms with Crippen LogP contribution in [0.2, 0.25) is 0 Å². The first-order valence-electron chi connectivity index (χ1n) is 5.76. The molecule has 1 saturated heterocycles. The number of esters is 1. The second kappa shape index (κ2) is 5.79. The van der Waals surface area contributed by atoms with Crippen molar-refractivity contribution in [2.45, 2.75) is 26.3 Å². The van der Waals surface area contributed by atoms with E-state index in [1.54, 1.807) is 6.92 Å². The van der Waals surface area contributed by atoms with Crippen LogP contribution in [0.4, 0.5) is 0 Å². The molecule has 0 spiro atoms. The molecule has 1 rings (SSSR count). The highest BCUT2D eigenvalue weighted by molar-refractivity contribution is 7.89. The van der Waals surface area contributed by atoms with Crippen molar-refractivity contribution in [2.75, 3.05) is 25.4 Å². The molecular formula is C10H20N2O4S. The van der Waals surface area contributed by atoms with E-state index < -0.39 is 21.7 Å². The van der Waals surface area contributed by atoms with E-state index in [2.05, 4.69) is 4.74 Å². The van der Waals surface area contributed by atoms with E-state index in [1.165, 1.54) is 4.31 Å². The lowest BCUT2D eigenvalue weighted by atomic mass is 9.96. The fourth-order valence-corrected chi connectivity index (χ4v) is 3.23. The number of hydrogen-bond donors (Lipinski definition) is 1. The quantitative estimate of drug-likeness (QED) is 0.694. The van der Waals surface area contributed by atoms with Gasteiger partial charge in [-0.15, -0.1) is 0 Å². The number of nitrogens with two attached hydrogens (primary N) is 1. The fraction of sp³-hybridized carbons (Fsp3) is 0.900. The van der Waals surface area contributed by atoms with E-state index in [0.717, 1.165) is 0 Å². The van der Waals surface area contributed by atoms with E-state index in [0.29, 0.717) is 19.5 Å². The van der Waals surface area contributed by atoms with Crippen molar-refractivity contribution in [1.82, 2.24) is 4.31 Å². The fourth-order valence-electron chi connectivity index (χ4n) is 1.82. The first-order valence-corrected chi connectivity index (χ1v) is 7.36. The van der Waals surface area contributed by atoms with Gasteiger partial charge in [-0.1, -0.05) is 6.92 Å². The molecule has 0 radical (unpaired) electrons. The molecule has 0 aromatic carbocycles. The Morgan fingerprint density at radius 3 is 2.71 bits per heavy atom. The molecule has 0 aromatic rings. The summed E-state index contributed by atoms with van der Waals surface area (Å²) in [6.07, 6.45) is 0.628. The minimum Gasteiger partial charge on any atom is -0.465 e. The first kappa shape index (κ1) is 14.4. The summed E-state index contributed by atoms with van der Waals surface area (Å²) in [4.78, 5) is 11.2. The molecule has 1 heterocycles. The van der Waals surface area contributed by atoms with Gasteiger partial charge in [-0.3, -0.25) is 4.79 Å². The maximum absolute atomic E-state index is 11.9. The van der Waals surface area contributed by atoms with Gasteiger partial charge in [0.15, 0.2) is 5.75 Å². The Morgan fingerprint density at radius 2 is 2.18 bits per heavy atom. The van der Waals surface area contributed by atoms with E-state index >= 15 is 0 Å². The van der Waals surface area contributed by atoms with Gasteiger partial charge in [0.05, 0.1) is 6.61 Å². The van der Waals surface area contributed by atoms with Gasteiger partial charge in [-0.25, -0.2) is 12.7 Å². The molecule has 17 heavy (non-hydrogen) atoms. The second-order valence-corrected chi connectivity index (χ2v) is 6.32. The largest absolute Gasteiger partial charge is 0.465 e. The molecule has 2 unspecified atom stereocenters. The number of sulfonamides is 1. The van der Waals surface area contributed by atoms with Crippen molar-refractivity contribution in [2.24, 2.45) is 11.7 Å². The van der Waals surface area contributed by atoms with Crippen LogP contribution in [-0.4, -0.2) is 50.2 Å². The minimum absolute atomic E-state index is 0.0315. The number of carbonyl (C=O) groups excluding carboxylic acids is 1. The van der Waals surface area contributed by atoms with Crippen LogP contribution >= 0.6 is 0 Å². The van der Waals surface area contributed by atoms with Crippen LogP contribution in [0.15, 0.2) is 0 Å². The Morgan fingerprint density at radius 1 is 1.53 bits per heavy atom. The molecule has 0 saturated carbocycles. The third-order valence-corrected chi connectivity index (χ3v) is 4.65. The van der Waals surface area contributed by atoms with Gasteiger partial charge in [0.1, 0.15) is 0 Å². The summed E-state index contributed by atoms with van der Waals surface area (Å²) in [7, 11) is -3.56. The summed E-state index contributed by atoms with van der Waals surface area (Å²) in [5.41, 5.74) is 5.82. The average molecular weight is 264 g/mol. The lowest BCUT2D eigenvalue weighted by molar-refractivity contribution is -0.140. The van der Waals surface area contributed by atoms with Gasteiger partial charge in [-0.2, -0.15) is 0 Å². The summed E-state index contributed by atoms with van der Waals surface area (Å²) in [5.74, 6) is -1.17. The third kappa shape index (κ3) is 3.93. The predicted molar refractivity (Wildman–Crippen MR) is 63.7 cm³/mol. The standard InChI is InChI=1S/C10H20N2O4S/c1-3-16-10(13)7-17(14,15)12-5-4-9(11)8(2)6-12/h8-9H,3-7,11H2,1-2H3. The van der Waals surface area contributed by atoms with Gasteiger partial charge in [-0.05, 0) is 19.3 Å². The highest BCUT2D eigenvalue weighted by atomic mass is 32.2. The Kier molecular flexibility index (Phi) is 4.91. The van der Waals surface area contributed by atoms with Crippen LogP contribution in [-0.2, 0) is 19.6 Å². The molecule has 0 aliphatic carbocycles. The van der Waals surface area contributed by atoms with E-state index in [-0.39, 0.29) is 18.6 Å². The van der Waals surface area contributed by atoms with Gasteiger partial charge < -0.3 is 10.5 Å². The molecule has 7 heteroatoms. The van der Waals surface area contributed by atoms with Gasteiger partial charge >= 0.3 is 5.97 Å². The van der Waals surface area contributed by atoms with E-state index in [4.69, 9.17) is 5.73 Å². The summed E-state index contributed by atoms with van der Waals surface area (Å²) in [6, 6.07) is 0.0315. The molecule has 1 aliphatic heterocycles. The maximum Gasteiger partial charge on any atom is 0.322 e. The van der Waals surface area contributed by atoms with Crippen molar-refractivity contribution in [3.8, 4) is 0 Å². The van der Waals surface area contributed by atoms with Gasteiger partial charge in [0.2, 0.25) is 10.0 Å². The highest BCUT2D eigenvalue weighted by Gasteiger charge is 2.32. The number of rotatable bonds is 4. The summed E-state index contributed by atoms with van der Waals surface area (Å²) >= 11 is 0. The molecule has 2 atom stereocenters. The minimum atomic E-state index is -3.56. The molecule has 0 bridgehead atoms. The SMILES string of the molecule is CCOC(=O)CS(=O)(=O)N1CCC(N)C(C)C1. The second-order valence-electron chi connectivity index (χ2n) is 4.35. The molecular weight excluding hydrogens is 244 g/mol. The van der Waals surface area contributed by atoms with Gasteiger partial charge in [0, 0.05) is 19.1 Å². The zero-order valence-corrected chi connectivity index (χ0v) is 11.1. The number of ether oxygens (including phenoxy) is 1. The summed E-state index contributed by atoms with van der Waals surface area (Å²) < 4.78 is 29.8. The van der Waals surface area contributed by atoms with Crippen LogP contribution < -0.4 is 5.73 Å². The monoisotopic (exact) mass is 264 g/mol. The van der Waals surface area contributed by atoms with Crippen LogP contribution in [0.1, 0.15) is 20.3 Å². The number of piperidine rings is 1. The molecule has 1 fully saturated rings. The highest BCUT2D eigenvalue weighted by Crippen LogP contribution is 2.18. The smallest absolute Gasteiger partial charge is 0.322 e. The van der Waals surface area contributed by atoms with Crippen LogP contribution in [0, 0.1) is 5.92 Å². The molecule has 0 aromatic heterocycles. The maximum atomic E-state index is 11.9. The van der Waals surface area contributed by atoms with Gasteiger partial charge in [0.25, 0.3) is 0 Å². The Bertz CT molecular complexity index is 369. The number of nitrogens with zero attached hydrogens (tertiary/aromatic N) is 1. The van der Waals surface area contributed by atoms with Crippen molar-refractivity contribution in [1.29, 1.82) is 0 Å². The normalized spacial score (nSPS) is 26.8. The van der Waals surface area contributed by atoms with E-state index in [9.17, 15) is 13.2 Å². The lowest BCUT2D eigenvalue weighted by Gasteiger charge is -2.33. The molecule has 1 aliphatic rings. The van der Waals surface area contributed by atoms with Crippen LogP contribution in [0.5, 0.6) is 0 Å². The topological polar surface area (TPSA) is 89.7 Å². The first-order chi connectivity index (χ1) is 7.86. The Balaban J connectivity index is 2.62. The third-order valence-electron chi connectivity index (χ3n) is 2.93. The summed E-state index contributed by atoms with van der Waals surface area (Å²) in [6.45, 7) is 4.51. The lowest BCUT2D eigenvalue weighted by Crippen LogP contribution is -2.49. The molecule has 0 amide bonds. The number of hydrogen-bond acceptors (Lipinski definition) is 5. The zero-order valence-electron chi connectivity index (χ0n) is 10.3. The molecule has 2 N–H and O–H groups in total. The van der Waals surface area contributed by atoms with Crippen molar-refractivity contribution < 1.29 is 17.9 Å². The average Bonchev–Trinajstić information content (AvgIpc) is 2.21. The molecule has 100 valence electrons. The molecule has 6 nitrogen and oxygen atoms in total. The van der Waals surface area contributed by atoms with Crippen LogP contribution in [0.25, 0.3) is 0 Å². The van der Waals surface area contributed by atoms with Crippen molar-refractivity contribution in [3.63, 3.8) is 0 Å². The summed E-state index contributed by atoms with van der Waals surface area (Å²) in [5, 5.41) is 0. The van der Waals surface area contributed by atoms with Crippen molar-refractivity contribution >= 4 is 16.0 Å². The number of carbonyl (C=O) groups is 1. The van der Waals surface area contributed by atoms with E-state index in [1.807, 2.05) is 6.92 Å². The Hall–Kier alpha value is -0.660. The van der Waals surface area contributed by atoms with Crippen molar-refractivity contribution in [3.05, 3.63) is 0 Å².